The van der Waals surface area contributed by atoms with Crippen molar-refractivity contribution in [1.29, 1.82) is 0 Å². The largest absolute Gasteiger partial charge is 0.505 e. The zero-order chi connectivity index (χ0) is 15.6. The second-order valence-corrected chi connectivity index (χ2v) is 7.53. The number of nitrogens with one attached hydrogen (secondary N) is 1. The Kier molecular flexibility index (Phi) is 4.59. The SMILES string of the molecule is CC(C)(C)CCS(=O)(=O)Nc1ccc([N+](=O)[O-])cc1O. The lowest BCUT2D eigenvalue weighted by Gasteiger charge is -2.18. The summed E-state index contributed by atoms with van der Waals surface area (Å²) in [5, 5.41) is 20.1. The van der Waals surface area contributed by atoms with Crippen molar-refractivity contribution < 1.29 is 18.4 Å². The number of benzene rings is 1. The van der Waals surface area contributed by atoms with Crippen LogP contribution in [0.25, 0.3) is 0 Å². The average Bonchev–Trinajstić information content (AvgIpc) is 2.28. The molecule has 1 aromatic rings. The summed E-state index contributed by atoms with van der Waals surface area (Å²) >= 11 is 0. The lowest BCUT2D eigenvalue weighted by Crippen LogP contribution is -2.21. The number of aromatic hydroxyl groups is 1. The Morgan fingerprint density at radius 2 is 1.95 bits per heavy atom. The molecule has 0 aliphatic rings. The van der Waals surface area contributed by atoms with Gasteiger partial charge in [-0.25, -0.2) is 8.42 Å². The summed E-state index contributed by atoms with van der Waals surface area (Å²) in [6.07, 6.45) is 0.454. The van der Waals surface area contributed by atoms with E-state index in [1.54, 1.807) is 0 Å². The smallest absolute Gasteiger partial charge is 0.273 e. The monoisotopic (exact) mass is 302 g/mol. The Bertz CT molecular complexity index is 605. The molecule has 0 saturated heterocycles. The molecular weight excluding hydrogens is 284 g/mol. The van der Waals surface area contributed by atoms with Crippen LogP contribution in [-0.4, -0.2) is 24.2 Å². The number of sulfonamides is 1. The fourth-order valence-electron chi connectivity index (χ4n) is 1.38. The Hall–Kier alpha value is -1.83. The molecule has 7 nitrogen and oxygen atoms in total. The van der Waals surface area contributed by atoms with Crippen LogP contribution in [0.4, 0.5) is 11.4 Å². The maximum atomic E-state index is 11.9. The van der Waals surface area contributed by atoms with Crippen LogP contribution in [0.5, 0.6) is 5.75 Å². The van der Waals surface area contributed by atoms with Gasteiger partial charge in [-0.1, -0.05) is 20.8 Å². The van der Waals surface area contributed by atoms with E-state index in [9.17, 15) is 23.6 Å². The molecule has 1 aromatic carbocycles. The fraction of sp³-hybridized carbons (Fsp3) is 0.500. The van der Waals surface area contributed by atoms with Crippen LogP contribution >= 0.6 is 0 Å². The van der Waals surface area contributed by atoms with Crippen LogP contribution in [0.15, 0.2) is 18.2 Å². The summed E-state index contributed by atoms with van der Waals surface area (Å²) < 4.78 is 25.9. The molecule has 1 rings (SSSR count). The molecule has 0 heterocycles. The van der Waals surface area contributed by atoms with E-state index in [1.807, 2.05) is 20.8 Å². The van der Waals surface area contributed by atoms with Gasteiger partial charge in [0.1, 0.15) is 5.75 Å². The van der Waals surface area contributed by atoms with Crippen LogP contribution in [0.3, 0.4) is 0 Å². The molecule has 0 radical (unpaired) electrons. The third-order valence-electron chi connectivity index (χ3n) is 2.58. The number of phenols is 1. The normalized spacial score (nSPS) is 12.2. The lowest BCUT2D eigenvalue weighted by molar-refractivity contribution is -0.384. The Morgan fingerprint density at radius 1 is 1.35 bits per heavy atom. The molecule has 0 spiro atoms. The highest BCUT2D eigenvalue weighted by Crippen LogP contribution is 2.29. The van der Waals surface area contributed by atoms with Gasteiger partial charge in [0.05, 0.1) is 22.4 Å². The summed E-state index contributed by atoms with van der Waals surface area (Å²) in [7, 11) is -3.60. The highest BCUT2D eigenvalue weighted by Gasteiger charge is 2.19. The van der Waals surface area contributed by atoms with Gasteiger partial charge >= 0.3 is 0 Å². The molecule has 0 amide bonds. The summed E-state index contributed by atoms with van der Waals surface area (Å²) in [5.74, 6) is -0.564. The molecule has 8 heteroatoms. The highest BCUT2D eigenvalue weighted by atomic mass is 32.2. The molecule has 20 heavy (non-hydrogen) atoms. The van der Waals surface area contributed by atoms with Crippen molar-refractivity contribution in [2.75, 3.05) is 10.5 Å². The highest BCUT2D eigenvalue weighted by molar-refractivity contribution is 7.92. The van der Waals surface area contributed by atoms with Gasteiger partial charge in [-0.05, 0) is 17.9 Å². The van der Waals surface area contributed by atoms with Gasteiger partial charge in [0.25, 0.3) is 5.69 Å². The summed E-state index contributed by atoms with van der Waals surface area (Å²) in [6.45, 7) is 5.77. The minimum absolute atomic E-state index is 0.0653. The van der Waals surface area contributed by atoms with Crippen molar-refractivity contribution in [2.45, 2.75) is 27.2 Å². The third-order valence-corrected chi connectivity index (χ3v) is 3.85. The van der Waals surface area contributed by atoms with E-state index >= 15 is 0 Å². The Morgan fingerprint density at radius 3 is 2.40 bits per heavy atom. The molecule has 2 N–H and O–H groups in total. The second kappa shape index (κ2) is 5.66. The molecule has 0 fully saturated rings. The molecule has 0 aliphatic carbocycles. The van der Waals surface area contributed by atoms with Gasteiger partial charge < -0.3 is 5.11 Å². The van der Waals surface area contributed by atoms with Crippen molar-refractivity contribution in [3.05, 3.63) is 28.3 Å². The maximum absolute atomic E-state index is 11.9. The zero-order valence-electron chi connectivity index (χ0n) is 11.6. The Labute approximate surface area is 117 Å². The lowest BCUT2D eigenvalue weighted by atomic mass is 9.94. The van der Waals surface area contributed by atoms with Crippen molar-refractivity contribution in [2.24, 2.45) is 5.41 Å². The standard InChI is InChI=1S/C12H18N2O5S/c1-12(2,3)6-7-20(18,19)13-10-5-4-9(14(16)17)8-11(10)15/h4-5,8,13,15H,6-7H2,1-3H3. The first-order chi connectivity index (χ1) is 9.00. The van der Waals surface area contributed by atoms with Crippen LogP contribution in [0.1, 0.15) is 27.2 Å². The number of hydrogen-bond acceptors (Lipinski definition) is 5. The first-order valence-corrected chi connectivity index (χ1v) is 7.63. The van der Waals surface area contributed by atoms with Crippen LogP contribution in [0, 0.1) is 15.5 Å². The van der Waals surface area contributed by atoms with E-state index in [-0.39, 0.29) is 22.5 Å². The Balaban J connectivity index is 2.85. The number of nitro groups is 1. The molecule has 0 saturated carbocycles. The van der Waals surface area contributed by atoms with E-state index in [1.165, 1.54) is 6.07 Å². The number of nitrogens with zero attached hydrogens (tertiary/aromatic N) is 1. The minimum atomic E-state index is -3.60. The van der Waals surface area contributed by atoms with Gasteiger partial charge in [-0.2, -0.15) is 0 Å². The van der Waals surface area contributed by atoms with E-state index in [0.717, 1.165) is 12.1 Å². The number of nitro benzene ring substituents is 1. The predicted octanol–water partition coefficient (Wildman–Crippen LogP) is 2.48. The molecular formula is C12H18N2O5S. The molecule has 0 aromatic heterocycles. The van der Waals surface area contributed by atoms with Gasteiger partial charge in [0.15, 0.2) is 0 Å². The van der Waals surface area contributed by atoms with Crippen molar-refractivity contribution in [3.8, 4) is 5.75 Å². The van der Waals surface area contributed by atoms with Crippen molar-refractivity contribution in [3.63, 3.8) is 0 Å². The molecule has 0 aliphatic heterocycles. The van der Waals surface area contributed by atoms with Gasteiger partial charge in [0, 0.05) is 6.07 Å². The summed E-state index contributed by atoms with van der Waals surface area (Å²) in [5.41, 5.74) is -0.503. The van der Waals surface area contributed by atoms with Crippen LogP contribution in [0.2, 0.25) is 0 Å². The topological polar surface area (TPSA) is 110 Å². The second-order valence-electron chi connectivity index (χ2n) is 5.69. The summed E-state index contributed by atoms with van der Waals surface area (Å²) in [4.78, 5) is 9.85. The number of hydrogen-bond donors (Lipinski definition) is 2. The predicted molar refractivity (Wildman–Crippen MR) is 76.2 cm³/mol. The number of anilines is 1. The maximum Gasteiger partial charge on any atom is 0.273 e. The molecule has 112 valence electrons. The van der Waals surface area contributed by atoms with Crippen LogP contribution < -0.4 is 4.72 Å². The van der Waals surface area contributed by atoms with Crippen LogP contribution in [-0.2, 0) is 10.0 Å². The third kappa shape index (κ3) is 5.04. The first-order valence-electron chi connectivity index (χ1n) is 5.98. The number of phenolic OH excluding ortho intramolecular Hbond substituents is 1. The van der Waals surface area contributed by atoms with E-state index in [0.29, 0.717) is 6.42 Å². The van der Waals surface area contributed by atoms with Crippen molar-refractivity contribution in [1.82, 2.24) is 0 Å². The zero-order valence-corrected chi connectivity index (χ0v) is 12.4. The van der Waals surface area contributed by atoms with Gasteiger partial charge in [0.2, 0.25) is 10.0 Å². The molecule has 0 unspecified atom stereocenters. The number of non-ortho nitro benzene ring substituents is 1. The molecule has 0 atom stereocenters. The summed E-state index contributed by atoms with van der Waals surface area (Å²) in [6, 6.07) is 3.20. The average molecular weight is 302 g/mol. The van der Waals surface area contributed by atoms with Crippen molar-refractivity contribution >= 4 is 21.4 Å². The van der Waals surface area contributed by atoms with E-state index < -0.39 is 20.7 Å². The van der Waals surface area contributed by atoms with Gasteiger partial charge in [-0.3, -0.25) is 14.8 Å². The molecule has 0 bridgehead atoms. The van der Waals surface area contributed by atoms with E-state index in [4.69, 9.17) is 0 Å². The minimum Gasteiger partial charge on any atom is -0.505 e. The first kappa shape index (κ1) is 16.2. The fourth-order valence-corrected chi connectivity index (χ4v) is 2.87. The number of rotatable bonds is 5. The van der Waals surface area contributed by atoms with Gasteiger partial charge in [-0.15, -0.1) is 0 Å². The quantitative estimate of drug-likeness (QED) is 0.493. The van der Waals surface area contributed by atoms with E-state index in [2.05, 4.69) is 4.72 Å².